The first-order valence-electron chi connectivity index (χ1n) is 6.97. The number of rotatable bonds is 5. The van der Waals surface area contributed by atoms with Gasteiger partial charge in [-0.25, -0.2) is 4.98 Å². The highest BCUT2D eigenvalue weighted by Crippen LogP contribution is 2.21. The van der Waals surface area contributed by atoms with Crippen molar-refractivity contribution in [1.82, 2.24) is 20.5 Å². The van der Waals surface area contributed by atoms with Crippen LogP contribution < -0.4 is 5.32 Å². The fraction of sp³-hybridized carbons (Fsp3) is 0.250. The summed E-state index contributed by atoms with van der Waals surface area (Å²) in [5.74, 6) is 1.53. The number of aromatic nitrogens is 3. The van der Waals surface area contributed by atoms with E-state index in [2.05, 4.69) is 32.6 Å². The van der Waals surface area contributed by atoms with E-state index in [1.54, 1.807) is 6.20 Å². The lowest BCUT2D eigenvalue weighted by Gasteiger charge is -2.10. The first-order valence-corrected chi connectivity index (χ1v) is 6.97. The van der Waals surface area contributed by atoms with E-state index in [1.165, 1.54) is 0 Å². The fourth-order valence-electron chi connectivity index (χ4n) is 2.22. The van der Waals surface area contributed by atoms with Crippen LogP contribution in [0.3, 0.4) is 0 Å². The van der Waals surface area contributed by atoms with Crippen LogP contribution in [0.25, 0.3) is 11.3 Å². The van der Waals surface area contributed by atoms with Gasteiger partial charge in [-0.1, -0.05) is 30.3 Å². The highest BCUT2D eigenvalue weighted by atomic mass is 16.4. The van der Waals surface area contributed by atoms with E-state index in [0.29, 0.717) is 12.4 Å². The highest BCUT2D eigenvalue weighted by molar-refractivity contribution is 5.62. The average Bonchev–Trinajstić information content (AvgIpc) is 3.14. The molecule has 0 aliphatic carbocycles. The number of H-pyrrole nitrogens is 1. The Bertz CT molecular complexity index is 702. The van der Waals surface area contributed by atoms with Crippen LogP contribution in [0, 0.1) is 6.92 Å². The largest absolute Gasteiger partial charge is 0.444 e. The number of aryl methyl sites for hydroxylation is 1. The Morgan fingerprint density at radius 3 is 2.76 bits per heavy atom. The van der Waals surface area contributed by atoms with Crippen molar-refractivity contribution < 1.29 is 4.42 Å². The molecule has 0 saturated carbocycles. The molecule has 0 spiro atoms. The number of hydrogen-bond donors (Lipinski definition) is 2. The third-order valence-corrected chi connectivity index (χ3v) is 3.39. The Kier molecular flexibility index (Phi) is 3.83. The molecule has 0 aliphatic heterocycles. The first-order chi connectivity index (χ1) is 10.2. The molecule has 0 amide bonds. The molecule has 5 heteroatoms. The maximum Gasteiger partial charge on any atom is 0.211 e. The third kappa shape index (κ3) is 3.03. The second kappa shape index (κ2) is 5.93. The van der Waals surface area contributed by atoms with Crippen molar-refractivity contribution in [3.63, 3.8) is 0 Å². The predicted molar refractivity (Wildman–Crippen MR) is 80.5 cm³/mol. The number of hydrogen-bond acceptors (Lipinski definition) is 4. The molecule has 0 bridgehead atoms. The summed E-state index contributed by atoms with van der Waals surface area (Å²) in [5.41, 5.74) is 3.29. The van der Waals surface area contributed by atoms with Gasteiger partial charge < -0.3 is 9.73 Å². The van der Waals surface area contributed by atoms with E-state index in [9.17, 15) is 0 Å². The van der Waals surface area contributed by atoms with E-state index in [1.807, 2.05) is 38.2 Å². The highest BCUT2D eigenvalue weighted by Gasteiger charge is 2.13. The number of aromatic amines is 1. The van der Waals surface area contributed by atoms with Crippen LogP contribution in [0.4, 0.5) is 0 Å². The first kappa shape index (κ1) is 13.6. The Balaban J connectivity index is 1.70. The smallest absolute Gasteiger partial charge is 0.211 e. The molecule has 21 heavy (non-hydrogen) atoms. The van der Waals surface area contributed by atoms with E-state index in [4.69, 9.17) is 4.42 Å². The van der Waals surface area contributed by atoms with E-state index in [-0.39, 0.29) is 6.04 Å². The van der Waals surface area contributed by atoms with Crippen molar-refractivity contribution in [3.8, 4) is 11.3 Å². The van der Waals surface area contributed by atoms with Crippen LogP contribution in [0.15, 0.2) is 47.1 Å². The van der Waals surface area contributed by atoms with Gasteiger partial charge in [0.2, 0.25) is 5.89 Å². The zero-order chi connectivity index (χ0) is 14.7. The summed E-state index contributed by atoms with van der Waals surface area (Å²) in [6, 6.07) is 10.2. The second-order valence-electron chi connectivity index (χ2n) is 5.05. The minimum atomic E-state index is 0.0530. The van der Waals surface area contributed by atoms with Crippen molar-refractivity contribution in [2.45, 2.75) is 26.4 Å². The SMILES string of the molecule is Cc1cnc(C(C)NCc2cn[nH]c2-c2ccccc2)o1. The number of nitrogens with zero attached hydrogens (tertiary/aromatic N) is 2. The molecule has 1 atom stereocenters. The Morgan fingerprint density at radius 2 is 2.05 bits per heavy atom. The van der Waals surface area contributed by atoms with Gasteiger partial charge in [0, 0.05) is 12.1 Å². The zero-order valence-corrected chi connectivity index (χ0v) is 12.1. The molecule has 2 heterocycles. The van der Waals surface area contributed by atoms with Gasteiger partial charge in [-0.3, -0.25) is 5.10 Å². The predicted octanol–water partition coefficient (Wildman–Crippen LogP) is 3.22. The van der Waals surface area contributed by atoms with Gasteiger partial charge in [-0.15, -0.1) is 0 Å². The fourth-order valence-corrected chi connectivity index (χ4v) is 2.22. The molecule has 3 rings (SSSR count). The van der Waals surface area contributed by atoms with Crippen molar-refractivity contribution in [2.75, 3.05) is 0 Å². The molecule has 2 aromatic heterocycles. The molecule has 5 nitrogen and oxygen atoms in total. The molecule has 3 aromatic rings. The Hall–Kier alpha value is -2.40. The lowest BCUT2D eigenvalue weighted by atomic mass is 10.1. The molecule has 0 fully saturated rings. The van der Waals surface area contributed by atoms with Gasteiger partial charge in [-0.2, -0.15) is 5.10 Å². The normalized spacial score (nSPS) is 12.5. The third-order valence-electron chi connectivity index (χ3n) is 3.39. The van der Waals surface area contributed by atoms with Gasteiger partial charge >= 0.3 is 0 Å². The summed E-state index contributed by atoms with van der Waals surface area (Å²) in [4.78, 5) is 4.24. The van der Waals surface area contributed by atoms with Crippen molar-refractivity contribution in [1.29, 1.82) is 0 Å². The molecule has 1 unspecified atom stereocenters. The molecule has 108 valence electrons. The van der Waals surface area contributed by atoms with Crippen molar-refractivity contribution in [3.05, 3.63) is 59.9 Å². The average molecular weight is 282 g/mol. The van der Waals surface area contributed by atoms with Crippen molar-refractivity contribution in [2.24, 2.45) is 0 Å². The lowest BCUT2D eigenvalue weighted by molar-refractivity contribution is 0.402. The Labute approximate surface area is 123 Å². The van der Waals surface area contributed by atoms with Crippen molar-refractivity contribution >= 4 is 0 Å². The van der Waals surface area contributed by atoms with Crippen LogP contribution in [0.1, 0.15) is 30.2 Å². The quantitative estimate of drug-likeness (QED) is 0.754. The van der Waals surface area contributed by atoms with Crippen LogP contribution in [0.5, 0.6) is 0 Å². The van der Waals surface area contributed by atoms with Crippen LogP contribution in [-0.2, 0) is 6.54 Å². The summed E-state index contributed by atoms with van der Waals surface area (Å²) in [5, 5.41) is 10.6. The Morgan fingerprint density at radius 1 is 1.24 bits per heavy atom. The lowest BCUT2D eigenvalue weighted by Crippen LogP contribution is -2.18. The summed E-state index contributed by atoms with van der Waals surface area (Å²) in [6.45, 7) is 4.63. The minimum Gasteiger partial charge on any atom is -0.444 e. The maximum absolute atomic E-state index is 5.53. The molecule has 0 aliphatic rings. The van der Waals surface area contributed by atoms with Gasteiger partial charge in [0.05, 0.1) is 24.1 Å². The van der Waals surface area contributed by atoms with Crippen LogP contribution >= 0.6 is 0 Å². The van der Waals surface area contributed by atoms with Gasteiger partial charge in [0.15, 0.2) is 0 Å². The van der Waals surface area contributed by atoms with Crippen LogP contribution in [-0.4, -0.2) is 15.2 Å². The molecular weight excluding hydrogens is 264 g/mol. The standard InChI is InChI=1S/C16H18N4O/c1-11-8-18-16(21-11)12(2)17-9-14-10-19-20-15(14)13-6-4-3-5-7-13/h3-8,10,12,17H,9H2,1-2H3,(H,19,20). The number of nitrogens with one attached hydrogen (secondary N) is 2. The molecule has 2 N–H and O–H groups in total. The van der Waals surface area contributed by atoms with E-state index < -0.39 is 0 Å². The summed E-state index contributed by atoms with van der Waals surface area (Å²) in [7, 11) is 0. The monoisotopic (exact) mass is 282 g/mol. The van der Waals surface area contributed by atoms with Gasteiger partial charge in [0.25, 0.3) is 0 Å². The molecule has 0 radical (unpaired) electrons. The number of oxazole rings is 1. The molecule has 0 saturated heterocycles. The van der Waals surface area contributed by atoms with E-state index in [0.717, 1.165) is 22.6 Å². The van der Waals surface area contributed by atoms with Crippen LogP contribution in [0.2, 0.25) is 0 Å². The summed E-state index contributed by atoms with van der Waals surface area (Å²) < 4.78 is 5.53. The summed E-state index contributed by atoms with van der Waals surface area (Å²) >= 11 is 0. The second-order valence-corrected chi connectivity index (χ2v) is 5.05. The maximum atomic E-state index is 5.53. The minimum absolute atomic E-state index is 0.0530. The van der Waals surface area contributed by atoms with E-state index >= 15 is 0 Å². The topological polar surface area (TPSA) is 66.7 Å². The summed E-state index contributed by atoms with van der Waals surface area (Å²) in [6.07, 6.45) is 3.59. The van der Waals surface area contributed by atoms with Gasteiger partial charge in [0.1, 0.15) is 5.76 Å². The van der Waals surface area contributed by atoms with Gasteiger partial charge in [-0.05, 0) is 19.4 Å². The molecule has 1 aromatic carbocycles. The number of benzene rings is 1. The zero-order valence-electron chi connectivity index (χ0n) is 12.1. The molecular formula is C16H18N4O.